The van der Waals surface area contributed by atoms with Crippen LogP contribution in [0.3, 0.4) is 0 Å². The fourth-order valence-corrected chi connectivity index (χ4v) is 8.97. The highest BCUT2D eigenvalue weighted by Gasteiger charge is 2.46. The molecule has 2 aromatic rings. The van der Waals surface area contributed by atoms with E-state index in [1.54, 1.807) is 52.7 Å². The number of methoxy groups -OCH3 is 4. The van der Waals surface area contributed by atoms with Crippen molar-refractivity contribution >= 4 is 74.6 Å². The number of benzene rings is 2. The SMILES string of the molecule is COC(CBr)OC.COC(CC1CCN(c2ccc3c(c2)C(=O)N(C2CCC(=O)NC2=O)C3=O)CC1)OC.O=C1CCC(N2C(=O)c3ccc(N4CCNCC4)cc3C2=O)C(=O)N1. The molecule has 0 saturated carbocycles. The second-order valence-corrected chi connectivity index (χ2v) is 16.4. The molecule has 0 spiro atoms. The first-order valence-corrected chi connectivity index (χ1v) is 22.0. The zero-order chi connectivity index (χ0) is 45.4. The highest BCUT2D eigenvalue weighted by molar-refractivity contribution is 9.09. The van der Waals surface area contributed by atoms with Crippen LogP contribution in [-0.2, 0) is 38.1 Å². The maximum Gasteiger partial charge on any atom is 0.262 e. The van der Waals surface area contributed by atoms with E-state index in [0.29, 0.717) is 28.2 Å². The summed E-state index contributed by atoms with van der Waals surface area (Å²) in [4.78, 5) is 105. The normalized spacial score (nSPS) is 21.6. The second-order valence-electron chi connectivity index (χ2n) is 15.7. The van der Waals surface area contributed by atoms with Gasteiger partial charge in [0.05, 0.1) is 27.6 Å². The Morgan fingerprint density at radius 2 is 0.984 bits per heavy atom. The number of piperidine rings is 3. The molecule has 6 aliphatic heterocycles. The molecule has 2 aromatic carbocycles. The Hall–Kier alpha value is -5.12. The van der Waals surface area contributed by atoms with Gasteiger partial charge in [0.1, 0.15) is 12.1 Å². The van der Waals surface area contributed by atoms with E-state index in [1.165, 1.54) is 0 Å². The van der Waals surface area contributed by atoms with Crippen LogP contribution in [0.2, 0.25) is 0 Å². The lowest BCUT2D eigenvalue weighted by Crippen LogP contribution is -2.54. The lowest BCUT2D eigenvalue weighted by atomic mass is 9.92. The van der Waals surface area contributed by atoms with Gasteiger partial charge in [-0.25, -0.2) is 0 Å². The predicted molar refractivity (Wildman–Crippen MR) is 230 cm³/mol. The number of amides is 8. The van der Waals surface area contributed by atoms with E-state index in [1.807, 2.05) is 12.1 Å². The molecule has 20 heteroatoms. The van der Waals surface area contributed by atoms with Gasteiger partial charge in [-0.3, -0.25) is 58.8 Å². The standard InChI is InChI=1S/C22H27N3O6.C17H18N4O4.C4H9BrO2/c1-30-19(31-2)11-13-7-9-24(10-8-13)14-3-4-15-16(12-14)22(29)25(21(15)28)17-5-6-18(26)23-20(17)27;22-14-4-3-13(15(23)19-14)21-16(24)11-2-1-10(9-12(11)17(21)25)20-7-5-18-6-8-20;1-6-4(3-5)7-2/h3-4,12-13,17,19H,5-11H2,1-2H3,(H,23,26,27);1-2,9,13,18H,3-8H2,(H,19,22,23);4H,3H2,1-2H3. The zero-order valence-electron chi connectivity index (χ0n) is 35.8. The Kier molecular flexibility index (Phi) is 16.2. The Bertz CT molecular complexity index is 2080. The largest absolute Gasteiger partial charge is 0.371 e. The van der Waals surface area contributed by atoms with Gasteiger partial charge in [0.15, 0.2) is 12.6 Å². The number of alkyl halides is 1. The molecule has 8 rings (SSSR count). The van der Waals surface area contributed by atoms with Gasteiger partial charge in [-0.15, -0.1) is 0 Å². The molecule has 2 unspecified atom stereocenters. The van der Waals surface area contributed by atoms with Crippen molar-refractivity contribution in [3.05, 3.63) is 58.7 Å². The second kappa shape index (κ2) is 21.5. The summed E-state index contributed by atoms with van der Waals surface area (Å²) in [5.41, 5.74) is 3.04. The van der Waals surface area contributed by atoms with Crippen LogP contribution < -0.4 is 25.8 Å². The highest BCUT2D eigenvalue weighted by Crippen LogP contribution is 2.34. The number of hydrogen-bond donors (Lipinski definition) is 3. The van der Waals surface area contributed by atoms with Crippen LogP contribution in [0.25, 0.3) is 0 Å². The van der Waals surface area contributed by atoms with E-state index >= 15 is 0 Å². The van der Waals surface area contributed by atoms with Crippen molar-refractivity contribution in [2.75, 3.05) is 82.8 Å². The average Bonchev–Trinajstić information content (AvgIpc) is 3.69. The molecule has 0 aliphatic carbocycles. The lowest BCUT2D eigenvalue weighted by molar-refractivity contribution is -0.137. The van der Waals surface area contributed by atoms with Gasteiger partial charge in [0.25, 0.3) is 23.6 Å². The van der Waals surface area contributed by atoms with Crippen molar-refractivity contribution in [2.24, 2.45) is 5.92 Å². The number of piperazine rings is 1. The Balaban J connectivity index is 0.000000185. The molecule has 2 atom stereocenters. The Labute approximate surface area is 373 Å². The molecule has 4 saturated heterocycles. The van der Waals surface area contributed by atoms with Crippen LogP contribution in [0.1, 0.15) is 86.4 Å². The fraction of sp³-hybridized carbons (Fsp3) is 0.535. The molecular formula is C43H54BrN7O12. The van der Waals surface area contributed by atoms with E-state index in [-0.39, 0.29) is 50.1 Å². The average molecular weight is 941 g/mol. The number of nitrogens with zero attached hydrogens (tertiary/aromatic N) is 4. The monoisotopic (exact) mass is 939 g/mol. The molecule has 3 N–H and O–H groups in total. The van der Waals surface area contributed by atoms with Crippen molar-refractivity contribution in [1.82, 2.24) is 25.8 Å². The summed E-state index contributed by atoms with van der Waals surface area (Å²) in [5, 5.41) is 8.40. The van der Waals surface area contributed by atoms with Gasteiger partial charge in [-0.05, 0) is 68.0 Å². The van der Waals surface area contributed by atoms with Crippen LogP contribution in [0.5, 0.6) is 0 Å². The highest BCUT2D eigenvalue weighted by atomic mass is 79.9. The van der Waals surface area contributed by atoms with E-state index in [4.69, 9.17) is 18.9 Å². The van der Waals surface area contributed by atoms with Gasteiger partial charge in [-0.1, -0.05) is 15.9 Å². The minimum atomic E-state index is -0.946. The summed E-state index contributed by atoms with van der Waals surface area (Å²) < 4.78 is 20.2. The van der Waals surface area contributed by atoms with Crippen molar-refractivity contribution < 1.29 is 57.3 Å². The molecule has 6 heterocycles. The number of hydrogen-bond acceptors (Lipinski definition) is 15. The number of halogens is 1. The summed E-state index contributed by atoms with van der Waals surface area (Å²) in [7, 11) is 6.50. The minimum Gasteiger partial charge on any atom is -0.371 e. The third-order valence-electron chi connectivity index (χ3n) is 12.0. The predicted octanol–water partition coefficient (Wildman–Crippen LogP) is 1.81. The van der Waals surface area contributed by atoms with Gasteiger partial charge >= 0.3 is 0 Å². The van der Waals surface area contributed by atoms with Crippen LogP contribution in [-0.4, -0.2) is 155 Å². The van der Waals surface area contributed by atoms with E-state index in [0.717, 1.165) is 85.0 Å². The fourth-order valence-electron chi connectivity index (χ4n) is 8.44. The van der Waals surface area contributed by atoms with Crippen molar-refractivity contribution in [3.8, 4) is 0 Å². The topological polar surface area (TPSA) is 223 Å². The number of anilines is 2. The first-order chi connectivity index (χ1) is 30.3. The molecule has 8 amide bonds. The molecule has 0 aromatic heterocycles. The third-order valence-corrected chi connectivity index (χ3v) is 12.5. The van der Waals surface area contributed by atoms with Crippen molar-refractivity contribution in [1.29, 1.82) is 0 Å². The van der Waals surface area contributed by atoms with Gasteiger partial charge in [-0.2, -0.15) is 0 Å². The number of carbonyl (C=O) groups is 8. The number of ether oxygens (including phenoxy) is 4. The maximum absolute atomic E-state index is 13.0. The molecule has 63 heavy (non-hydrogen) atoms. The zero-order valence-corrected chi connectivity index (χ0v) is 37.4. The van der Waals surface area contributed by atoms with Gasteiger partial charge < -0.3 is 34.1 Å². The number of nitrogens with one attached hydrogen (secondary N) is 3. The van der Waals surface area contributed by atoms with Gasteiger partial charge in [0.2, 0.25) is 23.6 Å². The van der Waals surface area contributed by atoms with Crippen molar-refractivity contribution in [2.45, 2.75) is 69.6 Å². The van der Waals surface area contributed by atoms with Crippen molar-refractivity contribution in [3.63, 3.8) is 0 Å². The van der Waals surface area contributed by atoms with Crippen LogP contribution in [0.15, 0.2) is 36.4 Å². The van der Waals surface area contributed by atoms with E-state index in [9.17, 15) is 38.4 Å². The number of rotatable bonds is 11. The third kappa shape index (κ3) is 10.6. The minimum absolute atomic E-state index is 0.0972. The summed E-state index contributed by atoms with van der Waals surface area (Å²) in [6, 6.07) is 8.61. The summed E-state index contributed by atoms with van der Waals surface area (Å²) in [5.74, 6) is -3.34. The molecular weight excluding hydrogens is 886 g/mol. The molecule has 6 aliphatic rings. The summed E-state index contributed by atoms with van der Waals surface area (Å²) in [6.07, 6.45) is 3.07. The Morgan fingerprint density at radius 3 is 1.37 bits per heavy atom. The molecule has 0 radical (unpaired) electrons. The maximum atomic E-state index is 13.0. The van der Waals surface area contributed by atoms with Crippen LogP contribution in [0.4, 0.5) is 11.4 Å². The summed E-state index contributed by atoms with van der Waals surface area (Å²) in [6.45, 7) is 5.07. The number of carbonyl (C=O) groups excluding carboxylic acids is 8. The van der Waals surface area contributed by atoms with E-state index < -0.39 is 47.5 Å². The summed E-state index contributed by atoms with van der Waals surface area (Å²) >= 11 is 3.19. The quantitative estimate of drug-likeness (QED) is 0.166. The van der Waals surface area contributed by atoms with Crippen LogP contribution >= 0.6 is 15.9 Å². The first kappa shape index (κ1) is 47.4. The smallest absolute Gasteiger partial charge is 0.262 e. The van der Waals surface area contributed by atoms with E-state index in [2.05, 4.69) is 41.7 Å². The number of imide groups is 4. The molecule has 0 bridgehead atoms. The van der Waals surface area contributed by atoms with Crippen LogP contribution in [0, 0.1) is 5.92 Å². The Morgan fingerprint density at radius 1 is 0.571 bits per heavy atom. The molecule has 19 nitrogen and oxygen atoms in total. The lowest BCUT2D eigenvalue weighted by Gasteiger charge is -2.34. The first-order valence-electron chi connectivity index (χ1n) is 20.9. The molecule has 340 valence electrons. The number of fused-ring (bicyclic) bond motifs is 2. The van der Waals surface area contributed by atoms with Gasteiger partial charge in [0, 0.05) is 98.3 Å². The molecule has 4 fully saturated rings.